The van der Waals surface area contributed by atoms with Crippen LogP contribution in [0.1, 0.15) is 19.4 Å². The maximum absolute atomic E-state index is 12.2. The Kier molecular flexibility index (Phi) is 7.48. The number of nitrogens with one attached hydrogen (secondary N) is 1. The molecule has 0 aromatic heterocycles. The first-order chi connectivity index (χ1) is 12.4. The summed E-state index contributed by atoms with van der Waals surface area (Å²) in [6, 6.07) is 9.78. The minimum absolute atomic E-state index is 0.126. The Morgan fingerprint density at radius 1 is 1.08 bits per heavy atom. The van der Waals surface area contributed by atoms with Crippen LogP contribution in [0.2, 0.25) is 0 Å². The van der Waals surface area contributed by atoms with Gasteiger partial charge >= 0.3 is 0 Å². The quantitative estimate of drug-likeness (QED) is 0.428. The fourth-order valence-corrected chi connectivity index (χ4v) is 3.68. The largest absolute Gasteiger partial charge is 0.490 e. The van der Waals surface area contributed by atoms with Gasteiger partial charge in [0.25, 0.3) is 10.0 Å². The van der Waals surface area contributed by atoms with E-state index in [2.05, 4.69) is 41.8 Å². The lowest BCUT2D eigenvalue weighted by molar-refractivity contribution is 0.286. The second kappa shape index (κ2) is 9.38. The van der Waals surface area contributed by atoms with Gasteiger partial charge in [0.05, 0.1) is 28.8 Å². The van der Waals surface area contributed by atoms with E-state index in [-0.39, 0.29) is 4.90 Å². The van der Waals surface area contributed by atoms with Gasteiger partial charge in [-0.05, 0) is 71.7 Å². The predicted molar refractivity (Wildman–Crippen MR) is 109 cm³/mol. The SMILES string of the molecule is CCOc1cc(/C=N\NS(=O)(=O)c2ccc(Br)cc2)cc(Br)c1OCC. The van der Waals surface area contributed by atoms with Crippen LogP contribution in [0, 0.1) is 0 Å². The van der Waals surface area contributed by atoms with Crippen molar-refractivity contribution in [2.24, 2.45) is 5.10 Å². The molecule has 0 atom stereocenters. The number of nitrogens with zero attached hydrogens (tertiary/aromatic N) is 1. The topological polar surface area (TPSA) is 77.0 Å². The number of sulfonamides is 1. The molecule has 6 nitrogen and oxygen atoms in total. The average Bonchev–Trinajstić information content (AvgIpc) is 2.58. The lowest BCUT2D eigenvalue weighted by Crippen LogP contribution is -2.18. The zero-order valence-electron chi connectivity index (χ0n) is 14.2. The van der Waals surface area contributed by atoms with E-state index < -0.39 is 10.0 Å². The predicted octanol–water partition coefficient (Wildman–Crippen LogP) is 4.32. The molecule has 1 N–H and O–H groups in total. The summed E-state index contributed by atoms with van der Waals surface area (Å²) >= 11 is 6.70. The van der Waals surface area contributed by atoms with Crippen molar-refractivity contribution >= 4 is 48.1 Å². The second-order valence-electron chi connectivity index (χ2n) is 5.00. The maximum Gasteiger partial charge on any atom is 0.276 e. The van der Waals surface area contributed by atoms with E-state index in [1.165, 1.54) is 18.3 Å². The van der Waals surface area contributed by atoms with Crippen LogP contribution in [0.3, 0.4) is 0 Å². The molecule has 2 aromatic rings. The Morgan fingerprint density at radius 2 is 1.73 bits per heavy atom. The molecule has 0 bridgehead atoms. The van der Waals surface area contributed by atoms with Crippen LogP contribution in [0.15, 0.2) is 55.3 Å². The van der Waals surface area contributed by atoms with E-state index >= 15 is 0 Å². The van der Waals surface area contributed by atoms with Crippen molar-refractivity contribution in [3.63, 3.8) is 0 Å². The van der Waals surface area contributed by atoms with Crippen LogP contribution in [-0.4, -0.2) is 27.8 Å². The van der Waals surface area contributed by atoms with Gasteiger partial charge in [-0.25, -0.2) is 4.83 Å². The third-order valence-electron chi connectivity index (χ3n) is 3.13. The molecule has 2 rings (SSSR count). The van der Waals surface area contributed by atoms with Gasteiger partial charge in [-0.2, -0.15) is 13.5 Å². The van der Waals surface area contributed by atoms with Crippen molar-refractivity contribution in [3.8, 4) is 11.5 Å². The molecule has 0 aliphatic heterocycles. The first kappa shape index (κ1) is 20.7. The third kappa shape index (κ3) is 5.46. The van der Waals surface area contributed by atoms with Crippen LogP contribution in [0.5, 0.6) is 11.5 Å². The molecule has 0 unspecified atom stereocenters. The van der Waals surface area contributed by atoms with Crippen LogP contribution < -0.4 is 14.3 Å². The first-order valence-corrected chi connectivity index (χ1v) is 10.8. The Morgan fingerprint density at radius 3 is 2.35 bits per heavy atom. The summed E-state index contributed by atoms with van der Waals surface area (Å²) in [5.41, 5.74) is 0.655. The Hall–Kier alpha value is -1.58. The zero-order valence-corrected chi connectivity index (χ0v) is 18.2. The summed E-state index contributed by atoms with van der Waals surface area (Å²) in [5.74, 6) is 1.16. The Balaban J connectivity index is 2.20. The lowest BCUT2D eigenvalue weighted by Gasteiger charge is -2.13. The van der Waals surface area contributed by atoms with Crippen LogP contribution in [0.4, 0.5) is 0 Å². The van der Waals surface area contributed by atoms with E-state index in [9.17, 15) is 8.42 Å². The van der Waals surface area contributed by atoms with Crippen LogP contribution in [-0.2, 0) is 10.0 Å². The van der Waals surface area contributed by atoms with Crippen molar-refractivity contribution in [1.82, 2.24) is 4.83 Å². The maximum atomic E-state index is 12.2. The van der Waals surface area contributed by atoms with Crippen molar-refractivity contribution in [2.45, 2.75) is 18.7 Å². The van der Waals surface area contributed by atoms with Crippen LogP contribution >= 0.6 is 31.9 Å². The van der Waals surface area contributed by atoms with Gasteiger partial charge in [0.2, 0.25) is 0 Å². The molecule has 26 heavy (non-hydrogen) atoms. The van der Waals surface area contributed by atoms with Gasteiger partial charge in [-0.3, -0.25) is 0 Å². The van der Waals surface area contributed by atoms with Gasteiger partial charge < -0.3 is 9.47 Å². The number of benzene rings is 2. The molecule has 0 heterocycles. The third-order valence-corrected chi connectivity index (χ3v) is 5.49. The number of hydrogen-bond donors (Lipinski definition) is 1. The van der Waals surface area contributed by atoms with E-state index in [1.807, 2.05) is 13.8 Å². The van der Waals surface area contributed by atoms with Crippen molar-refractivity contribution < 1.29 is 17.9 Å². The number of ether oxygens (including phenoxy) is 2. The molecular formula is C17H18Br2N2O4S. The molecule has 0 saturated carbocycles. The highest BCUT2D eigenvalue weighted by Crippen LogP contribution is 2.36. The molecule has 0 aliphatic carbocycles. The molecule has 0 fully saturated rings. The van der Waals surface area contributed by atoms with Gasteiger partial charge in [-0.15, -0.1) is 0 Å². The zero-order chi connectivity index (χ0) is 19.2. The summed E-state index contributed by atoms with van der Waals surface area (Å²) < 4.78 is 37.1. The van der Waals surface area contributed by atoms with Crippen molar-refractivity contribution in [1.29, 1.82) is 0 Å². The molecule has 0 spiro atoms. The fourth-order valence-electron chi connectivity index (χ4n) is 2.05. The number of halogens is 2. The molecule has 140 valence electrons. The van der Waals surface area contributed by atoms with Gasteiger partial charge in [0.1, 0.15) is 0 Å². The molecule has 0 amide bonds. The summed E-state index contributed by atoms with van der Waals surface area (Å²) in [6.07, 6.45) is 1.40. The van der Waals surface area contributed by atoms with E-state index in [1.54, 1.807) is 24.3 Å². The highest BCUT2D eigenvalue weighted by atomic mass is 79.9. The van der Waals surface area contributed by atoms with Crippen LogP contribution in [0.25, 0.3) is 0 Å². The number of hydrogen-bond acceptors (Lipinski definition) is 5. The normalized spacial score (nSPS) is 11.5. The molecule has 0 radical (unpaired) electrons. The second-order valence-corrected chi connectivity index (χ2v) is 8.43. The van der Waals surface area contributed by atoms with E-state index in [4.69, 9.17) is 9.47 Å². The smallest absolute Gasteiger partial charge is 0.276 e. The van der Waals surface area contributed by atoms with Gasteiger partial charge in [0, 0.05) is 4.47 Å². The average molecular weight is 506 g/mol. The summed E-state index contributed by atoms with van der Waals surface area (Å²) in [7, 11) is -3.73. The van der Waals surface area contributed by atoms with Crippen molar-refractivity contribution in [2.75, 3.05) is 13.2 Å². The lowest BCUT2D eigenvalue weighted by atomic mass is 10.2. The fraction of sp³-hybridized carbons (Fsp3) is 0.235. The summed E-state index contributed by atoms with van der Waals surface area (Å²) in [4.78, 5) is 2.32. The van der Waals surface area contributed by atoms with Gasteiger partial charge in [0.15, 0.2) is 11.5 Å². The highest BCUT2D eigenvalue weighted by molar-refractivity contribution is 9.10. The monoisotopic (exact) mass is 504 g/mol. The Labute approximate surface area is 169 Å². The molecule has 0 aliphatic rings. The number of hydrazone groups is 1. The molecule has 9 heteroatoms. The minimum atomic E-state index is -3.73. The molecule has 0 saturated heterocycles. The highest BCUT2D eigenvalue weighted by Gasteiger charge is 2.13. The standard InChI is InChI=1S/C17H18Br2N2O4S/c1-3-24-16-10-12(9-15(19)17(16)25-4-2)11-20-21-26(22,23)14-7-5-13(18)6-8-14/h5-11,21H,3-4H2,1-2H3/b20-11-. The summed E-state index contributed by atoms with van der Waals surface area (Å²) in [5, 5.41) is 3.84. The van der Waals surface area contributed by atoms with E-state index in [0.29, 0.717) is 34.7 Å². The molecule has 2 aromatic carbocycles. The van der Waals surface area contributed by atoms with E-state index in [0.717, 1.165) is 4.47 Å². The molecular weight excluding hydrogens is 488 g/mol. The van der Waals surface area contributed by atoms with Crippen molar-refractivity contribution in [3.05, 3.63) is 50.9 Å². The Bertz CT molecular complexity index is 884. The summed E-state index contributed by atoms with van der Waals surface area (Å²) in [6.45, 7) is 4.73. The first-order valence-electron chi connectivity index (χ1n) is 7.77. The number of rotatable bonds is 8. The minimum Gasteiger partial charge on any atom is -0.490 e. The van der Waals surface area contributed by atoms with Gasteiger partial charge in [-0.1, -0.05) is 15.9 Å².